The standard InChI is InChI=1S/C25H25NO4S/c1-4-30-22-16-13-21(14-17-22)15-18-25(27)26(24-12-8-9-19(2)20(24)3)31(28,29)23-10-6-5-7-11-23/h5-18H,4H2,1-3H3/b18-15+. The van der Waals surface area contributed by atoms with Crippen molar-refractivity contribution in [3.05, 3.63) is 95.6 Å². The van der Waals surface area contributed by atoms with Crippen LogP contribution in [0.4, 0.5) is 5.69 Å². The molecule has 3 aromatic rings. The summed E-state index contributed by atoms with van der Waals surface area (Å²) >= 11 is 0. The largest absolute Gasteiger partial charge is 0.494 e. The van der Waals surface area contributed by atoms with E-state index >= 15 is 0 Å². The molecule has 0 aliphatic heterocycles. The van der Waals surface area contributed by atoms with Gasteiger partial charge in [0.1, 0.15) is 5.75 Å². The highest BCUT2D eigenvalue weighted by atomic mass is 32.2. The lowest BCUT2D eigenvalue weighted by Gasteiger charge is -2.24. The lowest BCUT2D eigenvalue weighted by atomic mass is 10.1. The van der Waals surface area contributed by atoms with Crippen molar-refractivity contribution in [1.29, 1.82) is 0 Å². The molecule has 0 aliphatic carbocycles. The average molecular weight is 436 g/mol. The second kappa shape index (κ2) is 9.62. The molecule has 0 saturated carbocycles. The molecule has 0 atom stereocenters. The van der Waals surface area contributed by atoms with Crippen LogP contribution in [0.5, 0.6) is 5.75 Å². The molecule has 31 heavy (non-hydrogen) atoms. The van der Waals surface area contributed by atoms with E-state index in [1.54, 1.807) is 48.5 Å². The van der Waals surface area contributed by atoms with E-state index in [1.807, 2.05) is 39.0 Å². The fourth-order valence-electron chi connectivity index (χ4n) is 3.10. The number of aryl methyl sites for hydroxylation is 1. The highest BCUT2D eigenvalue weighted by Gasteiger charge is 2.30. The average Bonchev–Trinajstić information content (AvgIpc) is 2.77. The lowest BCUT2D eigenvalue weighted by molar-refractivity contribution is -0.113. The first-order valence-corrected chi connectivity index (χ1v) is 11.4. The van der Waals surface area contributed by atoms with Crippen molar-refractivity contribution in [3.63, 3.8) is 0 Å². The summed E-state index contributed by atoms with van der Waals surface area (Å²) in [4.78, 5) is 13.3. The molecular weight excluding hydrogens is 410 g/mol. The quantitative estimate of drug-likeness (QED) is 0.482. The minimum absolute atomic E-state index is 0.0544. The molecule has 0 saturated heterocycles. The Kier molecular flexibility index (Phi) is 6.92. The first-order valence-electron chi connectivity index (χ1n) is 9.96. The van der Waals surface area contributed by atoms with Gasteiger partial charge >= 0.3 is 0 Å². The first-order chi connectivity index (χ1) is 14.8. The van der Waals surface area contributed by atoms with Crippen LogP contribution in [0.1, 0.15) is 23.6 Å². The van der Waals surface area contributed by atoms with Crippen molar-refractivity contribution in [2.24, 2.45) is 0 Å². The van der Waals surface area contributed by atoms with Gasteiger partial charge in [-0.05, 0) is 73.9 Å². The van der Waals surface area contributed by atoms with Crippen molar-refractivity contribution in [1.82, 2.24) is 0 Å². The normalized spacial score (nSPS) is 11.5. The fourth-order valence-corrected chi connectivity index (χ4v) is 4.56. The second-order valence-corrected chi connectivity index (χ2v) is 8.76. The number of amides is 1. The molecule has 0 fully saturated rings. The Hall–Kier alpha value is -3.38. The van der Waals surface area contributed by atoms with Gasteiger partial charge in [-0.2, -0.15) is 4.31 Å². The maximum atomic E-state index is 13.4. The van der Waals surface area contributed by atoms with Crippen LogP contribution in [0.3, 0.4) is 0 Å². The Morgan fingerprint density at radius 3 is 2.26 bits per heavy atom. The molecular formula is C25H25NO4S. The third-order valence-electron chi connectivity index (χ3n) is 4.89. The number of anilines is 1. The van der Waals surface area contributed by atoms with Gasteiger partial charge in [0.05, 0.1) is 17.2 Å². The van der Waals surface area contributed by atoms with Gasteiger partial charge in [-0.1, -0.05) is 42.5 Å². The molecule has 0 heterocycles. The van der Waals surface area contributed by atoms with E-state index in [0.29, 0.717) is 12.3 Å². The van der Waals surface area contributed by atoms with Crippen LogP contribution in [0.25, 0.3) is 6.08 Å². The van der Waals surface area contributed by atoms with Crippen molar-refractivity contribution in [3.8, 4) is 5.75 Å². The highest BCUT2D eigenvalue weighted by Crippen LogP contribution is 2.29. The molecule has 0 N–H and O–H groups in total. The Labute approximate surface area is 183 Å². The highest BCUT2D eigenvalue weighted by molar-refractivity contribution is 7.93. The van der Waals surface area contributed by atoms with Gasteiger partial charge in [-0.15, -0.1) is 0 Å². The van der Waals surface area contributed by atoms with E-state index in [4.69, 9.17) is 4.74 Å². The molecule has 0 aliphatic rings. The zero-order chi connectivity index (χ0) is 22.4. The zero-order valence-electron chi connectivity index (χ0n) is 17.8. The second-order valence-electron chi connectivity index (χ2n) is 6.98. The molecule has 1 amide bonds. The topological polar surface area (TPSA) is 63.7 Å². The van der Waals surface area contributed by atoms with Crippen LogP contribution >= 0.6 is 0 Å². The van der Waals surface area contributed by atoms with Gasteiger partial charge < -0.3 is 4.74 Å². The van der Waals surface area contributed by atoms with Crippen molar-refractivity contribution in [2.75, 3.05) is 10.9 Å². The monoisotopic (exact) mass is 435 g/mol. The summed E-state index contributed by atoms with van der Waals surface area (Å²) in [7, 11) is -4.10. The lowest BCUT2D eigenvalue weighted by Crippen LogP contribution is -2.36. The molecule has 0 unspecified atom stereocenters. The van der Waals surface area contributed by atoms with Gasteiger partial charge in [0.15, 0.2) is 0 Å². The van der Waals surface area contributed by atoms with E-state index < -0.39 is 15.9 Å². The minimum Gasteiger partial charge on any atom is -0.494 e. The Morgan fingerprint density at radius 1 is 0.935 bits per heavy atom. The third-order valence-corrected chi connectivity index (χ3v) is 6.61. The van der Waals surface area contributed by atoms with E-state index in [9.17, 15) is 13.2 Å². The van der Waals surface area contributed by atoms with E-state index in [-0.39, 0.29) is 4.90 Å². The maximum absolute atomic E-state index is 13.4. The summed E-state index contributed by atoms with van der Waals surface area (Å²) in [6.07, 6.45) is 2.87. The number of sulfonamides is 1. The van der Waals surface area contributed by atoms with Crippen LogP contribution in [0.2, 0.25) is 0 Å². The summed E-state index contributed by atoms with van der Waals surface area (Å²) in [5.74, 6) is 0.0843. The summed E-state index contributed by atoms with van der Waals surface area (Å²) in [5.41, 5.74) is 2.72. The molecule has 0 aromatic heterocycles. The molecule has 6 heteroatoms. The summed E-state index contributed by atoms with van der Waals surface area (Å²) < 4.78 is 33.1. The SMILES string of the molecule is CCOc1ccc(/C=C/C(=O)N(c2cccc(C)c2C)S(=O)(=O)c2ccccc2)cc1. The number of nitrogens with zero attached hydrogens (tertiary/aromatic N) is 1. The van der Waals surface area contributed by atoms with E-state index in [0.717, 1.165) is 26.7 Å². The van der Waals surface area contributed by atoms with Crippen LogP contribution in [0.15, 0.2) is 83.8 Å². The van der Waals surface area contributed by atoms with Gasteiger partial charge in [-0.3, -0.25) is 4.79 Å². The number of rotatable bonds is 7. The van der Waals surface area contributed by atoms with Crippen LogP contribution in [-0.4, -0.2) is 20.9 Å². The fraction of sp³-hybridized carbons (Fsp3) is 0.160. The van der Waals surface area contributed by atoms with Gasteiger partial charge in [-0.25, -0.2) is 8.42 Å². The Bertz CT molecular complexity index is 1180. The number of hydrogen-bond acceptors (Lipinski definition) is 4. The number of carbonyl (C=O) groups excluding carboxylic acids is 1. The molecule has 0 radical (unpaired) electrons. The Morgan fingerprint density at radius 2 is 1.61 bits per heavy atom. The summed E-state index contributed by atoms with van der Waals surface area (Å²) in [6, 6.07) is 20.5. The van der Waals surface area contributed by atoms with Crippen molar-refractivity contribution >= 4 is 27.7 Å². The molecule has 0 spiro atoms. The number of carbonyl (C=O) groups is 1. The van der Waals surface area contributed by atoms with Crippen LogP contribution in [0, 0.1) is 13.8 Å². The first kappa shape index (κ1) is 22.3. The number of hydrogen-bond donors (Lipinski definition) is 0. The van der Waals surface area contributed by atoms with Gasteiger partial charge in [0.2, 0.25) is 0 Å². The Balaban J connectivity index is 2.02. The third kappa shape index (κ3) is 5.03. The predicted molar refractivity (Wildman–Crippen MR) is 124 cm³/mol. The molecule has 160 valence electrons. The molecule has 3 aromatic carbocycles. The molecule has 3 rings (SSSR count). The van der Waals surface area contributed by atoms with E-state index in [2.05, 4.69) is 0 Å². The predicted octanol–water partition coefficient (Wildman–Crippen LogP) is 5.14. The molecule has 5 nitrogen and oxygen atoms in total. The van der Waals surface area contributed by atoms with Crippen LogP contribution in [-0.2, 0) is 14.8 Å². The van der Waals surface area contributed by atoms with Crippen LogP contribution < -0.4 is 9.04 Å². The van der Waals surface area contributed by atoms with Gasteiger partial charge in [0.25, 0.3) is 15.9 Å². The van der Waals surface area contributed by atoms with Gasteiger partial charge in [0, 0.05) is 6.08 Å². The summed E-state index contributed by atoms with van der Waals surface area (Å²) in [6.45, 7) is 6.16. The maximum Gasteiger partial charge on any atom is 0.271 e. The minimum atomic E-state index is -4.10. The zero-order valence-corrected chi connectivity index (χ0v) is 18.6. The summed E-state index contributed by atoms with van der Waals surface area (Å²) in [5, 5.41) is 0. The molecule has 0 bridgehead atoms. The smallest absolute Gasteiger partial charge is 0.271 e. The number of benzene rings is 3. The number of ether oxygens (including phenoxy) is 1. The van der Waals surface area contributed by atoms with Crippen molar-refractivity contribution < 1.29 is 17.9 Å². The van der Waals surface area contributed by atoms with E-state index in [1.165, 1.54) is 18.2 Å². The van der Waals surface area contributed by atoms with Crippen molar-refractivity contribution in [2.45, 2.75) is 25.7 Å².